The number of hydrogen-bond acceptors (Lipinski definition) is 6. The molecule has 0 aliphatic heterocycles. The summed E-state index contributed by atoms with van der Waals surface area (Å²) in [6.07, 6.45) is 0. The van der Waals surface area contributed by atoms with Crippen molar-refractivity contribution in [2.75, 3.05) is 10.9 Å². The Morgan fingerprint density at radius 1 is 0.579 bits per heavy atom. The number of fused-ring (bicyclic) bond motifs is 6. The van der Waals surface area contributed by atoms with Gasteiger partial charge in [0.2, 0.25) is 0 Å². The quantitative estimate of drug-likeness (QED) is 0.139. The van der Waals surface area contributed by atoms with E-state index in [1.165, 1.54) is 58.6 Å². The Kier molecular flexibility index (Phi) is 6.18. The van der Waals surface area contributed by atoms with Crippen LogP contribution in [0.4, 0.5) is 11.4 Å². The van der Waals surface area contributed by atoms with Crippen LogP contribution in [0.3, 0.4) is 0 Å². The Morgan fingerprint density at radius 2 is 0.974 bits per heavy atom. The summed E-state index contributed by atoms with van der Waals surface area (Å²) >= 11 is 8.53. The fourth-order valence-corrected chi connectivity index (χ4v) is 9.31. The minimum atomic E-state index is 0.979. The van der Waals surface area contributed by atoms with Crippen molar-refractivity contribution in [3.8, 4) is 0 Å². The summed E-state index contributed by atoms with van der Waals surface area (Å²) in [5.74, 6) is 0. The molecular weight excluding hydrogens is 734 g/mol. The maximum absolute atomic E-state index is 5.00. The highest BCUT2D eigenvalue weighted by Crippen LogP contribution is 2.43. The van der Waals surface area contributed by atoms with Crippen LogP contribution in [0, 0.1) is 19.6 Å². The summed E-state index contributed by atoms with van der Waals surface area (Å²) in [5, 5.41) is 19.5. The first kappa shape index (κ1) is 24.5. The molecule has 0 saturated heterocycles. The van der Waals surface area contributed by atoms with Crippen LogP contribution in [0.25, 0.3) is 41.7 Å². The highest BCUT2D eigenvalue weighted by atomic mass is 127. The van der Waals surface area contributed by atoms with Crippen LogP contribution in [0.1, 0.15) is 11.1 Å². The van der Waals surface area contributed by atoms with E-state index in [0.29, 0.717) is 0 Å². The maximum atomic E-state index is 5.00. The Balaban J connectivity index is 1.60. The molecule has 5 aromatic carbocycles. The second-order valence-corrected chi connectivity index (χ2v) is 15.1. The number of nitrogens with one attached hydrogen (secondary N) is 2. The molecule has 7 rings (SSSR count). The topological polar surface area (TPSA) is 48.8 Å². The number of nitrogens with zero attached hydrogens (tertiary/aromatic N) is 2. The van der Waals surface area contributed by atoms with E-state index in [-0.39, 0.29) is 0 Å². The van der Waals surface area contributed by atoms with E-state index in [4.69, 9.17) is 10.2 Å². The third-order valence-electron chi connectivity index (χ3n) is 6.98. The third-order valence-corrected chi connectivity index (χ3v) is 10.8. The molecule has 0 bridgehead atoms. The van der Waals surface area contributed by atoms with Gasteiger partial charge < -0.3 is 0 Å². The van der Waals surface area contributed by atoms with Crippen LogP contribution >= 0.6 is 67.9 Å². The molecule has 0 aliphatic carbocycles. The van der Waals surface area contributed by atoms with Gasteiger partial charge in [-0.25, -0.2) is 0 Å². The molecule has 0 unspecified atom stereocenters. The first-order chi connectivity index (χ1) is 18.5. The normalized spacial score (nSPS) is 13.1. The lowest BCUT2D eigenvalue weighted by Gasteiger charge is -2.07. The average molecular weight is 754 g/mol. The molecule has 4 nitrogen and oxygen atoms in total. The van der Waals surface area contributed by atoms with E-state index >= 15 is 0 Å². The molecule has 186 valence electrons. The van der Waals surface area contributed by atoms with Gasteiger partial charge in [0, 0.05) is 41.7 Å². The summed E-state index contributed by atoms with van der Waals surface area (Å²) in [7, 11) is 0. The van der Waals surface area contributed by atoms with Crippen LogP contribution in [-0.2, 0) is 0 Å². The van der Waals surface area contributed by atoms with Gasteiger partial charge in [0.25, 0.3) is 0 Å². The molecule has 7 aromatic rings. The molecule has 0 aliphatic rings. The first-order valence-electron chi connectivity index (χ1n) is 12.1. The fourth-order valence-electron chi connectivity index (χ4n) is 5.37. The molecule has 0 atom stereocenters. The molecule has 0 saturated carbocycles. The number of anilines is 2. The van der Waals surface area contributed by atoms with Crippen molar-refractivity contribution in [1.29, 1.82) is 0 Å². The van der Waals surface area contributed by atoms with Gasteiger partial charge in [-0.2, -0.15) is 10.2 Å². The van der Waals surface area contributed by atoms with Crippen molar-refractivity contribution in [2.24, 2.45) is 10.2 Å². The fraction of sp³-hybridized carbons (Fsp3) is 0.0667. The van der Waals surface area contributed by atoms with E-state index in [9.17, 15) is 0 Å². The van der Waals surface area contributed by atoms with Gasteiger partial charge in [-0.05, 0) is 107 Å². The maximum Gasteiger partial charge on any atom is 0.100 e. The summed E-state index contributed by atoms with van der Waals surface area (Å²) in [6.45, 7) is 4.50. The number of hydrogen-bond donors (Lipinski definition) is 2. The van der Waals surface area contributed by atoms with Gasteiger partial charge in [-0.15, -0.1) is 22.7 Å². The van der Waals surface area contributed by atoms with E-state index in [2.05, 4.69) is 82.0 Å². The number of rotatable bonds is 4. The number of benzene rings is 3. The molecule has 2 heterocycles. The Labute approximate surface area is 254 Å². The van der Waals surface area contributed by atoms with Gasteiger partial charge in [0.15, 0.2) is 0 Å². The van der Waals surface area contributed by atoms with Gasteiger partial charge >= 0.3 is 0 Å². The van der Waals surface area contributed by atoms with Crippen molar-refractivity contribution in [1.82, 2.24) is 0 Å². The molecule has 0 fully saturated rings. The summed E-state index contributed by atoms with van der Waals surface area (Å²) < 4.78 is 5.11. The number of para-hydroxylation sites is 2. The highest BCUT2D eigenvalue weighted by Gasteiger charge is 2.24. The number of halogens is 2. The van der Waals surface area contributed by atoms with Crippen LogP contribution in [0.2, 0.25) is 0 Å². The summed E-state index contributed by atoms with van der Waals surface area (Å²) in [5.41, 5.74) is 11.1. The summed E-state index contributed by atoms with van der Waals surface area (Å²) in [4.78, 5) is 0. The van der Waals surface area contributed by atoms with Crippen LogP contribution in [-0.4, -0.2) is 0 Å². The molecule has 0 amide bonds. The van der Waals surface area contributed by atoms with Crippen molar-refractivity contribution in [3.05, 3.63) is 100 Å². The standard InChI is InChI=1S/C30H20I2N4S2/c1-15-23-26(30-19(13-22(32)38-30)27(23)35-33-17-9-5-3-6-10-17)16(2)24-25(15)29-20(14-21(31)37-29)28(24)36-34-18-11-7-4-8-12-18/h3-14,33-34H,1-2H3. The van der Waals surface area contributed by atoms with E-state index in [1.807, 2.05) is 83.3 Å². The summed E-state index contributed by atoms with van der Waals surface area (Å²) in [6, 6.07) is 24.8. The molecule has 38 heavy (non-hydrogen) atoms. The van der Waals surface area contributed by atoms with E-state index in [1.54, 1.807) is 0 Å². The zero-order chi connectivity index (χ0) is 26.0. The molecule has 0 radical (unpaired) electrons. The predicted octanol–water partition coefficient (Wildman–Crippen LogP) is 8.98. The van der Waals surface area contributed by atoms with Crippen LogP contribution < -0.4 is 21.6 Å². The lowest BCUT2D eigenvalue weighted by Crippen LogP contribution is -2.07. The SMILES string of the molecule is Cc1c2c(=NNc3ccccc3)c3cc(I)sc3c2c(C)c2c(=NNc3ccccc3)c3cc(I)sc3c12. The highest BCUT2D eigenvalue weighted by molar-refractivity contribution is 14.1. The zero-order valence-corrected chi connectivity index (χ0v) is 26.3. The Morgan fingerprint density at radius 3 is 1.37 bits per heavy atom. The van der Waals surface area contributed by atoms with Crippen molar-refractivity contribution < 1.29 is 0 Å². The Bertz CT molecular complexity index is 1960. The van der Waals surface area contributed by atoms with Crippen LogP contribution in [0.5, 0.6) is 0 Å². The van der Waals surface area contributed by atoms with Crippen molar-refractivity contribution in [2.45, 2.75) is 13.8 Å². The molecule has 2 N–H and O–H groups in total. The van der Waals surface area contributed by atoms with Gasteiger partial charge in [-0.3, -0.25) is 10.9 Å². The van der Waals surface area contributed by atoms with Gasteiger partial charge in [0.1, 0.15) is 10.7 Å². The lowest BCUT2D eigenvalue weighted by atomic mass is 9.98. The second-order valence-electron chi connectivity index (χ2n) is 9.21. The first-order valence-corrected chi connectivity index (χ1v) is 15.9. The molecular formula is C30H20I2N4S2. The second kappa shape index (κ2) is 9.58. The van der Waals surface area contributed by atoms with E-state index in [0.717, 1.165) is 22.1 Å². The monoisotopic (exact) mass is 754 g/mol. The smallest absolute Gasteiger partial charge is 0.100 e. The van der Waals surface area contributed by atoms with Crippen molar-refractivity contribution in [3.63, 3.8) is 0 Å². The minimum Gasteiger partial charge on any atom is -0.278 e. The average Bonchev–Trinajstić information content (AvgIpc) is 3.64. The zero-order valence-electron chi connectivity index (χ0n) is 20.4. The molecule has 8 heteroatoms. The van der Waals surface area contributed by atoms with Gasteiger partial charge in [0.05, 0.1) is 17.1 Å². The minimum absolute atomic E-state index is 0.979. The third kappa shape index (κ3) is 3.87. The lowest BCUT2D eigenvalue weighted by molar-refractivity contribution is 1.25. The number of thiophene rings is 2. The van der Waals surface area contributed by atoms with Gasteiger partial charge in [-0.1, -0.05) is 36.4 Å². The van der Waals surface area contributed by atoms with Crippen molar-refractivity contribution >= 4 is 121 Å². The largest absolute Gasteiger partial charge is 0.278 e. The predicted molar refractivity (Wildman–Crippen MR) is 181 cm³/mol. The molecule has 0 spiro atoms. The van der Waals surface area contributed by atoms with Crippen LogP contribution in [0.15, 0.2) is 83.0 Å². The Hall–Kier alpha value is -2.54. The molecule has 2 aromatic heterocycles. The number of aryl methyl sites for hydroxylation is 2. The van der Waals surface area contributed by atoms with E-state index < -0.39 is 0 Å².